The van der Waals surface area contributed by atoms with Crippen LogP contribution in [0.15, 0.2) is 64.6 Å². The SMILES string of the molecule is COc1cccc(/C(O)=C2\C(=O)C(=O)N(c3nc4ccc(F)cc4s3)C2c2cc(Br)c(O)c(OC)c2)c1. The molecular formula is C26H18BrFN2O6S. The number of nitrogens with zero attached hydrogens (tertiary/aromatic N) is 2. The zero-order valence-electron chi connectivity index (χ0n) is 19.4. The van der Waals surface area contributed by atoms with Gasteiger partial charge < -0.3 is 19.7 Å². The molecule has 1 aliphatic rings. The van der Waals surface area contributed by atoms with Crippen molar-refractivity contribution in [1.29, 1.82) is 0 Å². The van der Waals surface area contributed by atoms with E-state index in [1.54, 1.807) is 18.2 Å². The van der Waals surface area contributed by atoms with Gasteiger partial charge >= 0.3 is 5.91 Å². The van der Waals surface area contributed by atoms with Crippen molar-refractivity contribution in [3.05, 3.63) is 81.6 Å². The summed E-state index contributed by atoms with van der Waals surface area (Å²) in [5.74, 6) is -2.38. The Morgan fingerprint density at radius 3 is 2.62 bits per heavy atom. The van der Waals surface area contributed by atoms with Crippen LogP contribution in [0.25, 0.3) is 16.0 Å². The highest BCUT2D eigenvalue weighted by atomic mass is 79.9. The van der Waals surface area contributed by atoms with Crippen molar-refractivity contribution in [2.24, 2.45) is 0 Å². The Morgan fingerprint density at radius 2 is 1.89 bits per heavy atom. The fourth-order valence-corrected chi connectivity index (χ4v) is 5.64. The lowest BCUT2D eigenvalue weighted by molar-refractivity contribution is -0.132. The summed E-state index contributed by atoms with van der Waals surface area (Å²) in [6.45, 7) is 0. The maximum atomic E-state index is 13.8. The van der Waals surface area contributed by atoms with E-state index >= 15 is 0 Å². The van der Waals surface area contributed by atoms with Crippen LogP contribution < -0.4 is 14.4 Å². The maximum absolute atomic E-state index is 13.8. The van der Waals surface area contributed by atoms with Crippen LogP contribution in [0.5, 0.6) is 17.2 Å². The molecule has 2 N–H and O–H groups in total. The van der Waals surface area contributed by atoms with Gasteiger partial charge in [0, 0.05) is 5.56 Å². The van der Waals surface area contributed by atoms with Gasteiger partial charge in [-0.1, -0.05) is 23.5 Å². The zero-order chi connectivity index (χ0) is 26.4. The summed E-state index contributed by atoms with van der Waals surface area (Å²) in [6.07, 6.45) is 0. The van der Waals surface area contributed by atoms with Gasteiger partial charge in [0.05, 0.1) is 40.5 Å². The van der Waals surface area contributed by atoms with Crippen molar-refractivity contribution >= 4 is 60.1 Å². The van der Waals surface area contributed by atoms with Gasteiger partial charge in [0.15, 0.2) is 16.6 Å². The first-order valence-electron chi connectivity index (χ1n) is 10.8. The molecule has 0 aliphatic carbocycles. The number of halogens is 2. The fourth-order valence-electron chi connectivity index (χ4n) is 4.17. The van der Waals surface area contributed by atoms with E-state index < -0.39 is 29.3 Å². The molecule has 1 aromatic heterocycles. The van der Waals surface area contributed by atoms with Gasteiger partial charge in [-0.3, -0.25) is 14.5 Å². The van der Waals surface area contributed by atoms with Gasteiger partial charge in [-0.2, -0.15) is 0 Å². The number of carbonyl (C=O) groups is 2. The number of ketones is 1. The lowest BCUT2D eigenvalue weighted by atomic mass is 9.95. The topological polar surface area (TPSA) is 109 Å². The number of phenolic OH excluding ortho intramolecular Hbond substituents is 1. The number of ether oxygens (including phenoxy) is 2. The second-order valence-corrected chi connectivity index (χ2v) is 9.93. The van der Waals surface area contributed by atoms with Crippen molar-refractivity contribution in [3.63, 3.8) is 0 Å². The van der Waals surface area contributed by atoms with Crippen molar-refractivity contribution in [2.75, 3.05) is 19.1 Å². The molecule has 1 fully saturated rings. The van der Waals surface area contributed by atoms with Crippen LogP contribution in [0.4, 0.5) is 9.52 Å². The van der Waals surface area contributed by atoms with E-state index in [0.717, 1.165) is 16.2 Å². The number of aromatic nitrogens is 1. The predicted molar refractivity (Wildman–Crippen MR) is 140 cm³/mol. The predicted octanol–water partition coefficient (Wildman–Crippen LogP) is 5.55. The third-order valence-electron chi connectivity index (χ3n) is 5.92. The quantitative estimate of drug-likeness (QED) is 0.180. The average Bonchev–Trinajstić information content (AvgIpc) is 3.42. The Labute approximate surface area is 222 Å². The summed E-state index contributed by atoms with van der Waals surface area (Å²) in [5.41, 5.74) is 0.872. The minimum atomic E-state index is -1.14. The number of hydrogen-bond acceptors (Lipinski definition) is 8. The summed E-state index contributed by atoms with van der Waals surface area (Å²) >= 11 is 4.31. The molecule has 5 rings (SSSR count). The summed E-state index contributed by atoms with van der Waals surface area (Å²) in [6, 6.07) is 12.3. The number of Topliss-reactive ketones (excluding diaryl/α,β-unsaturated/α-hetero) is 1. The normalized spacial score (nSPS) is 17.0. The minimum Gasteiger partial charge on any atom is -0.507 e. The summed E-state index contributed by atoms with van der Waals surface area (Å²) in [7, 11) is 2.83. The first-order valence-corrected chi connectivity index (χ1v) is 12.4. The number of rotatable bonds is 5. The van der Waals surface area contributed by atoms with Gasteiger partial charge in [-0.15, -0.1) is 0 Å². The lowest BCUT2D eigenvalue weighted by Gasteiger charge is -2.24. The Kier molecular flexibility index (Phi) is 6.34. The molecule has 1 amide bonds. The van der Waals surface area contributed by atoms with Crippen LogP contribution in [-0.4, -0.2) is 41.1 Å². The van der Waals surface area contributed by atoms with E-state index in [2.05, 4.69) is 20.9 Å². The Balaban J connectivity index is 1.77. The fraction of sp³-hybridized carbons (Fsp3) is 0.115. The summed E-state index contributed by atoms with van der Waals surface area (Å²) in [4.78, 5) is 32.4. The van der Waals surface area contributed by atoms with Crippen LogP contribution in [0.2, 0.25) is 0 Å². The highest BCUT2D eigenvalue weighted by Crippen LogP contribution is 2.47. The van der Waals surface area contributed by atoms with E-state index in [-0.39, 0.29) is 32.2 Å². The number of amides is 1. The second-order valence-electron chi connectivity index (χ2n) is 8.06. The number of hydrogen-bond donors (Lipinski definition) is 2. The van der Waals surface area contributed by atoms with E-state index in [1.165, 1.54) is 50.6 Å². The van der Waals surface area contributed by atoms with Gasteiger partial charge in [-0.25, -0.2) is 9.37 Å². The molecule has 188 valence electrons. The summed E-state index contributed by atoms with van der Waals surface area (Å²) < 4.78 is 25.1. The van der Waals surface area contributed by atoms with E-state index in [1.807, 2.05) is 0 Å². The van der Waals surface area contributed by atoms with Crippen molar-refractivity contribution in [3.8, 4) is 17.2 Å². The number of anilines is 1. The van der Waals surface area contributed by atoms with Crippen molar-refractivity contribution < 1.29 is 33.7 Å². The molecule has 0 bridgehead atoms. The molecule has 3 aromatic carbocycles. The standard InChI is InChI=1S/C26H18BrFN2O6S/c1-35-15-5-3-4-12(8-15)22(31)20-21(13-9-16(27)23(32)18(10-13)36-2)30(25(34)24(20)33)26-29-17-7-6-14(28)11-19(17)37-26/h3-11,21,31-32H,1-2H3/b22-20+. The molecule has 8 nitrogen and oxygen atoms in total. The highest BCUT2D eigenvalue weighted by Gasteiger charge is 2.48. The maximum Gasteiger partial charge on any atom is 0.301 e. The van der Waals surface area contributed by atoms with Gasteiger partial charge in [-0.05, 0) is 64.0 Å². The average molecular weight is 585 g/mol. The monoisotopic (exact) mass is 584 g/mol. The second kappa shape index (κ2) is 9.49. The molecule has 1 unspecified atom stereocenters. The molecule has 0 saturated carbocycles. The Hall–Kier alpha value is -3.96. The third kappa shape index (κ3) is 4.19. The first-order chi connectivity index (χ1) is 17.7. The number of carbonyl (C=O) groups excluding carboxylic acids is 2. The zero-order valence-corrected chi connectivity index (χ0v) is 21.8. The molecule has 0 radical (unpaired) electrons. The van der Waals surface area contributed by atoms with Gasteiger partial charge in [0.2, 0.25) is 0 Å². The van der Waals surface area contributed by atoms with E-state index in [0.29, 0.717) is 21.5 Å². The number of aromatic hydroxyl groups is 1. The molecule has 0 spiro atoms. The Bertz CT molecular complexity index is 1620. The number of benzene rings is 3. The molecule has 1 atom stereocenters. The van der Waals surface area contributed by atoms with Crippen LogP contribution in [-0.2, 0) is 9.59 Å². The van der Waals surface area contributed by atoms with Crippen molar-refractivity contribution in [1.82, 2.24) is 4.98 Å². The molecule has 4 aromatic rings. The largest absolute Gasteiger partial charge is 0.507 e. The molecule has 11 heteroatoms. The van der Waals surface area contributed by atoms with Crippen molar-refractivity contribution in [2.45, 2.75) is 6.04 Å². The van der Waals surface area contributed by atoms with Crippen LogP contribution >= 0.6 is 27.3 Å². The molecule has 1 aliphatic heterocycles. The molecular weight excluding hydrogens is 567 g/mol. The Morgan fingerprint density at radius 1 is 1.11 bits per heavy atom. The number of phenols is 1. The smallest absolute Gasteiger partial charge is 0.301 e. The number of methoxy groups -OCH3 is 2. The number of fused-ring (bicyclic) bond motifs is 1. The molecule has 1 saturated heterocycles. The number of aliphatic hydroxyl groups is 1. The third-order valence-corrected chi connectivity index (χ3v) is 7.54. The number of aliphatic hydroxyl groups excluding tert-OH is 1. The van der Waals surface area contributed by atoms with Crippen LogP contribution in [0, 0.1) is 5.82 Å². The minimum absolute atomic E-state index is 0.0858. The van der Waals surface area contributed by atoms with E-state index in [9.17, 15) is 24.2 Å². The molecule has 2 heterocycles. The van der Waals surface area contributed by atoms with Gasteiger partial charge in [0.1, 0.15) is 17.3 Å². The lowest BCUT2D eigenvalue weighted by Crippen LogP contribution is -2.29. The van der Waals surface area contributed by atoms with Crippen LogP contribution in [0.1, 0.15) is 17.2 Å². The first kappa shape index (κ1) is 24.7. The summed E-state index contributed by atoms with van der Waals surface area (Å²) in [5, 5.41) is 21.8. The number of thiazole rings is 1. The van der Waals surface area contributed by atoms with E-state index in [4.69, 9.17) is 9.47 Å². The van der Waals surface area contributed by atoms with Crippen LogP contribution in [0.3, 0.4) is 0 Å². The van der Waals surface area contributed by atoms with Gasteiger partial charge in [0.25, 0.3) is 5.78 Å². The molecule has 37 heavy (non-hydrogen) atoms. The highest BCUT2D eigenvalue weighted by molar-refractivity contribution is 9.10.